The Hall–Kier alpha value is -5.35. The molecule has 0 aromatic heterocycles. The minimum Gasteiger partial charge on any atom is -0.410 e. The molecule has 0 saturated heterocycles. The highest BCUT2D eigenvalue weighted by Gasteiger charge is 2.47. The lowest BCUT2D eigenvalue weighted by Gasteiger charge is -2.35. The van der Waals surface area contributed by atoms with Crippen molar-refractivity contribution in [3.8, 4) is 44.5 Å². The normalized spacial score (nSPS) is 14.2. The largest absolute Gasteiger partial charge is 0.410 e. The van der Waals surface area contributed by atoms with Crippen LogP contribution in [-0.2, 0) is 10.8 Å². The highest BCUT2D eigenvalue weighted by Crippen LogP contribution is 2.60. The Bertz CT molecular complexity index is 2260. The molecule has 1 N–H and O–H groups in total. The molecule has 2 aliphatic rings. The molecule has 278 valence electrons. The van der Waals surface area contributed by atoms with Gasteiger partial charge in [-0.05, 0) is 93.5 Å². The maximum absolute atomic E-state index is 16.5. The van der Waals surface area contributed by atoms with Gasteiger partial charge in [0, 0.05) is 33.1 Å². The summed E-state index contributed by atoms with van der Waals surface area (Å²) in [4.78, 5) is 0. The van der Waals surface area contributed by atoms with E-state index in [1.165, 1.54) is 23.3 Å². The molecule has 0 unspecified atom stereocenters. The van der Waals surface area contributed by atoms with Gasteiger partial charge in [0.25, 0.3) is 0 Å². The van der Waals surface area contributed by atoms with Crippen LogP contribution in [0.3, 0.4) is 0 Å². The van der Waals surface area contributed by atoms with Crippen LogP contribution in [0.5, 0.6) is 0 Å². The molecule has 0 spiro atoms. The van der Waals surface area contributed by atoms with E-state index in [2.05, 4.69) is 93.5 Å². The summed E-state index contributed by atoms with van der Waals surface area (Å²) < 4.78 is 33.0. The summed E-state index contributed by atoms with van der Waals surface area (Å²) in [6.45, 7) is 8.86. The third kappa shape index (κ3) is 5.51. The van der Waals surface area contributed by atoms with Gasteiger partial charge in [-0.1, -0.05) is 168 Å². The van der Waals surface area contributed by atoms with Gasteiger partial charge in [0.05, 0.1) is 0 Å². The summed E-state index contributed by atoms with van der Waals surface area (Å²) in [5, 5.41) is 15.6. The first-order chi connectivity index (χ1) is 26.9. The number of oxime groups is 1. The number of halogens is 2. The molecule has 6 aromatic carbocycles. The first kappa shape index (κ1) is 36.6. The molecule has 0 fully saturated rings. The Balaban J connectivity index is 1.51. The predicted molar refractivity (Wildman–Crippen MR) is 223 cm³/mol. The second kappa shape index (κ2) is 14.7. The van der Waals surface area contributed by atoms with Crippen molar-refractivity contribution in [2.75, 3.05) is 0 Å². The van der Waals surface area contributed by atoms with Crippen LogP contribution >= 0.6 is 0 Å². The summed E-state index contributed by atoms with van der Waals surface area (Å²) in [7, 11) is 0. The van der Waals surface area contributed by atoms with Crippen LogP contribution in [0.4, 0.5) is 8.78 Å². The van der Waals surface area contributed by atoms with E-state index in [4.69, 9.17) is 0 Å². The average Bonchev–Trinajstić information content (AvgIpc) is 3.63. The Morgan fingerprint density at radius 1 is 0.455 bits per heavy atom. The fourth-order valence-electron chi connectivity index (χ4n) is 10.7. The van der Waals surface area contributed by atoms with Gasteiger partial charge >= 0.3 is 0 Å². The Morgan fingerprint density at radius 3 is 1.15 bits per heavy atom. The number of nitrogens with zero attached hydrogens (tertiary/aromatic N) is 1. The minimum atomic E-state index is -0.380. The topological polar surface area (TPSA) is 32.6 Å². The van der Waals surface area contributed by atoms with E-state index in [1.54, 1.807) is 12.1 Å². The number of rotatable bonds is 12. The molecule has 0 atom stereocenters. The zero-order valence-electron chi connectivity index (χ0n) is 32.4. The van der Waals surface area contributed by atoms with E-state index in [1.807, 2.05) is 36.4 Å². The van der Waals surface area contributed by atoms with Gasteiger partial charge in [0.15, 0.2) is 0 Å². The molecule has 0 amide bonds. The molecule has 0 bridgehead atoms. The highest BCUT2D eigenvalue weighted by atomic mass is 19.1. The molecular formula is C51H49F2NO. The summed E-state index contributed by atoms with van der Waals surface area (Å²) in [5.41, 5.74) is 12.4. The first-order valence-corrected chi connectivity index (χ1v) is 20.2. The summed E-state index contributed by atoms with van der Waals surface area (Å²) in [6, 6.07) is 39.4. The summed E-state index contributed by atoms with van der Waals surface area (Å²) in [5.74, 6) is -0.674. The van der Waals surface area contributed by atoms with Crippen LogP contribution in [-0.4, -0.2) is 10.9 Å². The molecular weight excluding hydrogens is 681 g/mol. The van der Waals surface area contributed by atoms with Crippen LogP contribution < -0.4 is 0 Å². The Morgan fingerprint density at radius 2 is 0.800 bits per heavy atom. The summed E-state index contributed by atoms with van der Waals surface area (Å²) >= 11 is 0. The zero-order valence-corrected chi connectivity index (χ0v) is 32.4. The Kier molecular flexibility index (Phi) is 9.79. The Labute approximate surface area is 324 Å². The van der Waals surface area contributed by atoms with Crippen molar-refractivity contribution in [2.24, 2.45) is 5.16 Å². The molecule has 0 aliphatic heterocycles. The van der Waals surface area contributed by atoms with Gasteiger partial charge in [-0.25, -0.2) is 8.78 Å². The van der Waals surface area contributed by atoms with Crippen molar-refractivity contribution in [1.29, 1.82) is 0 Å². The number of fused-ring (bicyclic) bond motifs is 6. The molecule has 55 heavy (non-hydrogen) atoms. The van der Waals surface area contributed by atoms with Crippen LogP contribution in [0.2, 0.25) is 0 Å². The zero-order chi connectivity index (χ0) is 38.3. The monoisotopic (exact) mass is 729 g/mol. The second-order valence-corrected chi connectivity index (χ2v) is 15.5. The van der Waals surface area contributed by atoms with E-state index in [0.29, 0.717) is 28.0 Å². The molecule has 6 aromatic rings. The van der Waals surface area contributed by atoms with E-state index >= 15 is 8.78 Å². The lowest BCUT2D eigenvalue weighted by atomic mass is 9.67. The van der Waals surface area contributed by atoms with Gasteiger partial charge in [-0.2, -0.15) is 0 Å². The fraction of sp³-hybridized carbons (Fsp3) is 0.275. The smallest absolute Gasteiger partial charge is 0.131 e. The molecule has 4 heteroatoms. The first-order valence-electron chi connectivity index (χ1n) is 20.2. The summed E-state index contributed by atoms with van der Waals surface area (Å²) in [6.07, 6.45) is 7.30. The third-order valence-electron chi connectivity index (χ3n) is 12.4. The maximum atomic E-state index is 16.5. The number of hydrogen-bond acceptors (Lipinski definition) is 2. The van der Waals surface area contributed by atoms with Crippen LogP contribution in [0, 0.1) is 11.6 Å². The van der Waals surface area contributed by atoms with E-state index in [9.17, 15) is 5.21 Å². The molecule has 0 saturated carbocycles. The molecule has 2 aliphatic carbocycles. The van der Waals surface area contributed by atoms with Crippen LogP contribution in [0.15, 0.2) is 126 Å². The van der Waals surface area contributed by atoms with E-state index in [0.717, 1.165) is 95.9 Å². The van der Waals surface area contributed by atoms with E-state index in [-0.39, 0.29) is 22.5 Å². The van der Waals surface area contributed by atoms with Gasteiger partial charge in [0.1, 0.15) is 17.3 Å². The quantitative estimate of drug-likeness (QED) is 0.0759. The maximum Gasteiger partial charge on any atom is 0.131 e. The van der Waals surface area contributed by atoms with Crippen LogP contribution in [0.1, 0.15) is 112 Å². The molecule has 0 radical (unpaired) electrons. The van der Waals surface area contributed by atoms with Crippen molar-refractivity contribution in [1.82, 2.24) is 0 Å². The third-order valence-corrected chi connectivity index (χ3v) is 12.4. The predicted octanol–water partition coefficient (Wildman–Crippen LogP) is 14.3. The van der Waals surface area contributed by atoms with Crippen molar-refractivity contribution >= 4 is 5.71 Å². The van der Waals surface area contributed by atoms with Gasteiger partial charge < -0.3 is 5.21 Å². The molecule has 8 rings (SSSR count). The highest BCUT2D eigenvalue weighted by molar-refractivity contribution is 6.21. The molecule has 0 heterocycles. The lowest BCUT2D eigenvalue weighted by Crippen LogP contribution is -2.27. The molecule has 2 nitrogen and oxygen atoms in total. The van der Waals surface area contributed by atoms with E-state index < -0.39 is 0 Å². The van der Waals surface area contributed by atoms with Crippen molar-refractivity contribution < 1.29 is 14.0 Å². The average molecular weight is 730 g/mol. The second-order valence-electron chi connectivity index (χ2n) is 15.5. The van der Waals surface area contributed by atoms with Gasteiger partial charge in [-0.3, -0.25) is 0 Å². The SMILES string of the molecule is CCCC1(CCC)c2ccccc2-c2ccc(C(=NO)c3ccc4c(c3-c3ccccc3F)C(CCC)(CCC)c3ccccc3-4)c(-c3ccccc3F)c21. The standard InChI is InChI=1S/C51H49F2NO/c1-5-29-50(30-6-2)41-21-13-9-17-33(41)35-25-27-39(45(47(35)50)37-19-11-15-23-43(37)52)49(54-55)40-28-26-36-34-18-10-14-22-42(34)51(31-7-3,32-8-4)48(36)46(40)38-20-12-16-24-44(38)53/h9-28,55H,5-8,29-32H2,1-4H3. The number of hydrogen-bond donors (Lipinski definition) is 1. The van der Waals surface area contributed by atoms with Gasteiger partial charge in [-0.15, -0.1) is 0 Å². The number of benzene rings is 6. The lowest BCUT2D eigenvalue weighted by molar-refractivity contribution is 0.319. The van der Waals surface area contributed by atoms with Crippen molar-refractivity contribution in [3.63, 3.8) is 0 Å². The minimum absolute atomic E-state index is 0.304. The van der Waals surface area contributed by atoms with Gasteiger partial charge in [0.2, 0.25) is 0 Å². The van der Waals surface area contributed by atoms with Crippen LogP contribution in [0.25, 0.3) is 44.5 Å². The fourth-order valence-corrected chi connectivity index (χ4v) is 10.7. The van der Waals surface area contributed by atoms with Crippen molar-refractivity contribution in [3.05, 3.63) is 166 Å². The van der Waals surface area contributed by atoms with Crippen molar-refractivity contribution in [2.45, 2.75) is 89.9 Å².